The van der Waals surface area contributed by atoms with Gasteiger partial charge in [0.25, 0.3) is 0 Å². The Labute approximate surface area is 104 Å². The summed E-state index contributed by atoms with van der Waals surface area (Å²) in [4.78, 5) is 11.1. The first kappa shape index (κ1) is 15.6. The number of carbonyl (C=O) groups is 1. The van der Waals surface area contributed by atoms with E-state index in [9.17, 15) is 13.6 Å². The zero-order valence-corrected chi connectivity index (χ0v) is 10.2. The molecule has 96 valence electrons. The summed E-state index contributed by atoms with van der Waals surface area (Å²) in [5, 5.41) is 4.82. The van der Waals surface area contributed by atoms with E-state index in [1.54, 1.807) is 7.05 Å². The van der Waals surface area contributed by atoms with Gasteiger partial charge in [0.05, 0.1) is 19.3 Å². The molecule has 0 atom stereocenters. The first-order valence-corrected chi connectivity index (χ1v) is 4.56. The van der Waals surface area contributed by atoms with E-state index in [4.69, 9.17) is 0 Å². The second kappa shape index (κ2) is 7.03. The molecule has 0 heterocycles. The molecule has 1 aromatic carbocycles. The highest BCUT2D eigenvalue weighted by molar-refractivity contribution is 5.92. The lowest BCUT2D eigenvalue weighted by atomic mass is 10.2. The Balaban J connectivity index is 0.00000256. The number of rotatable bonds is 4. The van der Waals surface area contributed by atoms with Crippen LogP contribution >= 0.6 is 12.4 Å². The van der Waals surface area contributed by atoms with E-state index in [-0.39, 0.29) is 30.4 Å². The van der Waals surface area contributed by atoms with Gasteiger partial charge in [-0.3, -0.25) is 4.79 Å². The van der Waals surface area contributed by atoms with Crippen LogP contribution in [-0.4, -0.2) is 26.6 Å². The van der Waals surface area contributed by atoms with Crippen molar-refractivity contribution in [3.05, 3.63) is 23.8 Å². The number of likely N-dealkylation sites (N-methyl/N-ethyl adjacent to an activating group) is 1. The normalized spacial score (nSPS) is 9.41. The van der Waals surface area contributed by atoms with Crippen LogP contribution in [-0.2, 0) is 4.79 Å². The molecule has 0 radical (unpaired) electrons. The number of hydrogen-bond donors (Lipinski definition) is 2. The molecule has 2 N–H and O–H groups in total. The van der Waals surface area contributed by atoms with Crippen LogP contribution in [0.15, 0.2) is 12.1 Å². The van der Waals surface area contributed by atoms with Crippen LogP contribution in [0.5, 0.6) is 5.75 Å². The molecule has 1 rings (SSSR count). The Morgan fingerprint density at radius 3 is 2.53 bits per heavy atom. The fourth-order valence-corrected chi connectivity index (χ4v) is 1.14. The number of hydrogen-bond acceptors (Lipinski definition) is 3. The Bertz CT molecular complexity index is 402. The molecule has 0 unspecified atom stereocenters. The lowest BCUT2D eigenvalue weighted by Gasteiger charge is -2.08. The third-order valence-electron chi connectivity index (χ3n) is 1.85. The number of carbonyl (C=O) groups excluding carboxylic acids is 1. The minimum absolute atomic E-state index is 0. The molecule has 0 aliphatic rings. The lowest BCUT2D eigenvalue weighted by molar-refractivity contribution is -0.115. The van der Waals surface area contributed by atoms with Crippen molar-refractivity contribution < 1.29 is 18.3 Å². The lowest BCUT2D eigenvalue weighted by Crippen LogP contribution is -2.25. The smallest absolute Gasteiger partial charge is 0.238 e. The van der Waals surface area contributed by atoms with Gasteiger partial charge in [0.1, 0.15) is 0 Å². The van der Waals surface area contributed by atoms with Crippen LogP contribution in [0.1, 0.15) is 0 Å². The number of methoxy groups -OCH3 is 1. The van der Waals surface area contributed by atoms with Crippen molar-refractivity contribution in [1.82, 2.24) is 5.32 Å². The van der Waals surface area contributed by atoms with E-state index in [1.807, 2.05) is 0 Å². The van der Waals surface area contributed by atoms with E-state index < -0.39 is 17.5 Å². The molecule has 17 heavy (non-hydrogen) atoms. The van der Waals surface area contributed by atoms with Gasteiger partial charge in [-0.15, -0.1) is 12.4 Å². The van der Waals surface area contributed by atoms with Crippen LogP contribution in [0.3, 0.4) is 0 Å². The molecule has 1 aromatic rings. The average molecular weight is 267 g/mol. The Hall–Kier alpha value is -1.40. The summed E-state index contributed by atoms with van der Waals surface area (Å²) in [6.07, 6.45) is 0. The third kappa shape index (κ3) is 4.16. The maximum Gasteiger partial charge on any atom is 0.238 e. The van der Waals surface area contributed by atoms with Crippen LogP contribution in [0.4, 0.5) is 14.5 Å². The number of amides is 1. The van der Waals surface area contributed by atoms with E-state index >= 15 is 0 Å². The predicted octanol–water partition coefficient (Wildman–Crippen LogP) is 1.55. The summed E-state index contributed by atoms with van der Waals surface area (Å²) in [6, 6.07) is 1.76. The molecule has 7 heteroatoms. The van der Waals surface area contributed by atoms with Gasteiger partial charge in [-0.05, 0) is 7.05 Å². The minimum Gasteiger partial charge on any atom is -0.494 e. The molecule has 0 spiro atoms. The molecular formula is C10H13ClF2N2O2. The average Bonchev–Trinajstić information content (AvgIpc) is 2.23. The van der Waals surface area contributed by atoms with E-state index in [0.717, 1.165) is 12.1 Å². The summed E-state index contributed by atoms with van der Waals surface area (Å²) < 4.78 is 31.1. The highest BCUT2D eigenvalue weighted by Gasteiger charge is 2.12. The van der Waals surface area contributed by atoms with Crippen molar-refractivity contribution >= 4 is 24.0 Å². The van der Waals surface area contributed by atoms with Gasteiger partial charge < -0.3 is 15.4 Å². The third-order valence-corrected chi connectivity index (χ3v) is 1.85. The van der Waals surface area contributed by atoms with Crippen LogP contribution in [0.2, 0.25) is 0 Å². The predicted molar refractivity (Wildman–Crippen MR) is 62.7 cm³/mol. The number of ether oxygens (including phenoxy) is 1. The Kier molecular flexibility index (Phi) is 6.45. The molecule has 0 bridgehead atoms. The monoisotopic (exact) mass is 266 g/mol. The molecule has 4 nitrogen and oxygen atoms in total. The first-order valence-electron chi connectivity index (χ1n) is 4.56. The topological polar surface area (TPSA) is 50.4 Å². The second-order valence-corrected chi connectivity index (χ2v) is 3.05. The molecule has 0 aliphatic carbocycles. The number of halogens is 3. The zero-order chi connectivity index (χ0) is 12.1. The molecule has 0 aromatic heterocycles. The minimum atomic E-state index is -0.747. The Morgan fingerprint density at radius 1 is 1.35 bits per heavy atom. The maximum atomic E-state index is 13.3. The maximum absolute atomic E-state index is 13.3. The standard InChI is InChI=1S/C10H12F2N2O2.ClH/c1-13-5-10(15)14-8-3-7(12)9(16-2)4-6(8)11;/h3-4,13H,5H2,1-2H3,(H,14,15);1H. The zero-order valence-electron chi connectivity index (χ0n) is 9.34. The fourth-order valence-electron chi connectivity index (χ4n) is 1.14. The van der Waals surface area contributed by atoms with Gasteiger partial charge in [0.15, 0.2) is 17.4 Å². The summed E-state index contributed by atoms with van der Waals surface area (Å²) in [5.41, 5.74) is -0.210. The van der Waals surface area contributed by atoms with Gasteiger partial charge in [0, 0.05) is 12.1 Å². The number of benzene rings is 1. The highest BCUT2D eigenvalue weighted by Crippen LogP contribution is 2.24. The van der Waals surface area contributed by atoms with Gasteiger partial charge in [0.2, 0.25) is 5.91 Å². The molecule has 0 saturated heterocycles. The van der Waals surface area contributed by atoms with Crippen molar-refractivity contribution in [3.8, 4) is 5.75 Å². The van der Waals surface area contributed by atoms with Crippen molar-refractivity contribution in [1.29, 1.82) is 0 Å². The number of anilines is 1. The Morgan fingerprint density at radius 2 is 2.00 bits per heavy atom. The fraction of sp³-hybridized carbons (Fsp3) is 0.300. The van der Waals surface area contributed by atoms with Crippen molar-refractivity contribution in [2.75, 3.05) is 26.0 Å². The first-order chi connectivity index (χ1) is 7.58. The van der Waals surface area contributed by atoms with E-state index in [2.05, 4.69) is 15.4 Å². The summed E-state index contributed by atoms with van der Waals surface area (Å²) >= 11 is 0. The molecular weight excluding hydrogens is 254 g/mol. The summed E-state index contributed by atoms with van der Waals surface area (Å²) in [5.74, 6) is -2.14. The van der Waals surface area contributed by atoms with Crippen molar-refractivity contribution in [2.24, 2.45) is 0 Å². The summed E-state index contributed by atoms with van der Waals surface area (Å²) in [7, 11) is 2.81. The number of nitrogens with one attached hydrogen (secondary N) is 2. The van der Waals surface area contributed by atoms with Gasteiger partial charge in [-0.1, -0.05) is 0 Å². The SMILES string of the molecule is CNCC(=O)Nc1cc(F)c(OC)cc1F.Cl. The summed E-state index contributed by atoms with van der Waals surface area (Å²) in [6.45, 7) is 0.0209. The highest BCUT2D eigenvalue weighted by atomic mass is 35.5. The van der Waals surface area contributed by atoms with Crippen molar-refractivity contribution in [2.45, 2.75) is 0 Å². The largest absolute Gasteiger partial charge is 0.494 e. The quantitative estimate of drug-likeness (QED) is 0.869. The molecule has 1 amide bonds. The van der Waals surface area contributed by atoms with E-state index in [1.165, 1.54) is 7.11 Å². The van der Waals surface area contributed by atoms with Crippen LogP contribution < -0.4 is 15.4 Å². The molecule has 0 fully saturated rings. The van der Waals surface area contributed by atoms with Crippen molar-refractivity contribution in [3.63, 3.8) is 0 Å². The van der Waals surface area contributed by atoms with Gasteiger partial charge in [-0.2, -0.15) is 0 Å². The second-order valence-electron chi connectivity index (χ2n) is 3.05. The van der Waals surface area contributed by atoms with E-state index in [0.29, 0.717) is 0 Å². The molecule has 0 aliphatic heterocycles. The molecule has 0 saturated carbocycles. The van der Waals surface area contributed by atoms with Gasteiger partial charge in [-0.25, -0.2) is 8.78 Å². The van der Waals surface area contributed by atoms with Crippen LogP contribution in [0.25, 0.3) is 0 Å². The van der Waals surface area contributed by atoms with Gasteiger partial charge >= 0.3 is 0 Å². The van der Waals surface area contributed by atoms with Crippen LogP contribution in [0, 0.1) is 11.6 Å².